The van der Waals surface area contributed by atoms with Gasteiger partial charge in [-0.2, -0.15) is 0 Å². The summed E-state index contributed by atoms with van der Waals surface area (Å²) in [5.74, 6) is 1.72. The molecule has 0 spiro atoms. The average Bonchev–Trinajstić information content (AvgIpc) is 2.01. The summed E-state index contributed by atoms with van der Waals surface area (Å²) in [6.07, 6.45) is 3.87. The molecule has 0 aromatic rings. The smallest absolute Gasteiger partial charge is 0.309 e. The summed E-state index contributed by atoms with van der Waals surface area (Å²) in [6, 6.07) is 0. The Labute approximate surface area is 78.8 Å². The second kappa shape index (κ2) is 12.7. The van der Waals surface area contributed by atoms with Gasteiger partial charge in [0.15, 0.2) is 0 Å². The summed E-state index contributed by atoms with van der Waals surface area (Å²) in [5.41, 5.74) is 0. The molecule has 1 radical (unpaired) electrons. The van der Waals surface area contributed by atoms with Crippen molar-refractivity contribution in [2.45, 2.75) is 19.8 Å². The molecule has 2 nitrogen and oxygen atoms in total. The van der Waals surface area contributed by atoms with Crippen LogP contribution in [0.4, 0.5) is 0 Å². The third kappa shape index (κ3) is 25.6. The van der Waals surface area contributed by atoms with Crippen molar-refractivity contribution in [2.24, 2.45) is 0 Å². The van der Waals surface area contributed by atoms with Crippen LogP contribution in [0.15, 0.2) is 0 Å². The van der Waals surface area contributed by atoms with Crippen molar-refractivity contribution in [1.82, 2.24) is 4.90 Å². The van der Waals surface area contributed by atoms with Gasteiger partial charge in [0, 0.05) is 5.97 Å². The minimum Gasteiger partial charge on any atom is -0.309 e. The highest BCUT2D eigenvalue weighted by molar-refractivity contribution is 9.23. The lowest BCUT2D eigenvalue weighted by molar-refractivity contribution is 0.398. The van der Waals surface area contributed by atoms with E-state index in [0.717, 1.165) is 0 Å². The van der Waals surface area contributed by atoms with Gasteiger partial charge in [0.1, 0.15) is 0 Å². The van der Waals surface area contributed by atoms with E-state index >= 15 is 0 Å². The van der Waals surface area contributed by atoms with Crippen molar-refractivity contribution in [3.63, 3.8) is 0 Å². The first kappa shape index (κ1) is 13.6. The van der Waals surface area contributed by atoms with Crippen molar-refractivity contribution in [3.8, 4) is 5.97 Å². The first-order valence-corrected chi connectivity index (χ1v) is 4.56. The Bertz CT molecular complexity index is 101. The lowest BCUT2D eigenvalue weighted by atomic mass is 10.2. The molecule has 0 aromatic heterocycles. The van der Waals surface area contributed by atoms with Gasteiger partial charge in [0.2, 0.25) is 0 Å². The number of nitrogens with zero attached hydrogens (tertiary/aromatic N) is 2. The molecule has 0 rings (SSSR count). The van der Waals surface area contributed by atoms with E-state index in [1.165, 1.54) is 25.5 Å². The van der Waals surface area contributed by atoms with E-state index < -0.39 is 0 Å². The second-order valence-electron chi connectivity index (χ2n) is 2.40. The summed E-state index contributed by atoms with van der Waals surface area (Å²) in [7, 11) is 4.21. The number of rotatable bonds is 3. The molecule has 63 valence electrons. The average molecular weight is 218 g/mol. The lowest BCUT2D eigenvalue weighted by Gasteiger charge is -2.05. The van der Waals surface area contributed by atoms with E-state index in [-0.39, 0.29) is 0 Å². The quantitative estimate of drug-likeness (QED) is 0.675. The highest BCUT2D eigenvalue weighted by Crippen LogP contribution is 1.86. The van der Waals surface area contributed by atoms with Gasteiger partial charge in [-0.25, -0.2) is 5.26 Å². The molecule has 11 heavy (non-hydrogen) atoms. The summed E-state index contributed by atoms with van der Waals surface area (Å²) in [6.45, 7) is 3.44. The maximum Gasteiger partial charge on any atom is 0.342 e. The Morgan fingerprint density at radius 3 is 2.09 bits per heavy atom. The highest BCUT2D eigenvalue weighted by Gasteiger charge is 1.83. The predicted octanol–water partition coefficient (Wildman–Crippen LogP) is 1.83. The van der Waals surface area contributed by atoms with Gasteiger partial charge in [-0.1, -0.05) is 13.3 Å². The zero-order valence-corrected chi connectivity index (χ0v) is 9.06. The molecule has 0 aliphatic carbocycles. The van der Waals surface area contributed by atoms with Crippen molar-refractivity contribution >= 4 is 21.9 Å². The van der Waals surface area contributed by atoms with E-state index in [2.05, 4.69) is 41.7 Å². The Hall–Kier alpha value is -0.00506. The molecule has 0 atom stereocenters. The van der Waals surface area contributed by atoms with Crippen LogP contribution in [0.2, 0.25) is 0 Å². The Balaban J connectivity index is 0. The molecule has 0 amide bonds. The van der Waals surface area contributed by atoms with Gasteiger partial charge >= 0.3 is 6.10 Å². The van der Waals surface area contributed by atoms with Crippen LogP contribution in [0.3, 0.4) is 0 Å². The second-order valence-corrected chi connectivity index (χ2v) is 2.85. The van der Waals surface area contributed by atoms with Crippen molar-refractivity contribution in [2.75, 3.05) is 20.6 Å². The molecule has 0 saturated carbocycles. The lowest BCUT2D eigenvalue weighted by Crippen LogP contribution is -2.12. The maximum absolute atomic E-state index is 7.52. The molecule has 4 heteroatoms. The SMILES string of the molecule is CCCCN(C)C.N#C[B]Br. The fraction of sp³-hybridized carbons (Fsp3) is 0.857. The highest BCUT2D eigenvalue weighted by atomic mass is 79.9. The summed E-state index contributed by atoms with van der Waals surface area (Å²) in [4.78, 5) is 2.21. The molecule has 0 bridgehead atoms. The summed E-state index contributed by atoms with van der Waals surface area (Å²) >= 11 is 2.76. The number of unbranched alkanes of at least 4 members (excludes halogenated alkanes) is 1. The predicted molar refractivity (Wildman–Crippen MR) is 53.8 cm³/mol. The molecule has 0 unspecified atom stereocenters. The Kier molecular flexibility index (Phi) is 15.6. The molecule has 0 fully saturated rings. The van der Waals surface area contributed by atoms with Crippen molar-refractivity contribution < 1.29 is 0 Å². The van der Waals surface area contributed by atoms with Crippen LogP contribution in [0.1, 0.15) is 19.8 Å². The Morgan fingerprint density at radius 1 is 1.55 bits per heavy atom. The van der Waals surface area contributed by atoms with Gasteiger partial charge in [-0.15, -0.1) is 15.8 Å². The molecular formula is C7H15BBrN2. The van der Waals surface area contributed by atoms with Crippen LogP contribution in [-0.2, 0) is 0 Å². The minimum atomic E-state index is 1.23. The first-order valence-electron chi connectivity index (χ1n) is 3.65. The molecule has 0 heterocycles. The van der Waals surface area contributed by atoms with E-state index in [4.69, 9.17) is 5.26 Å². The van der Waals surface area contributed by atoms with Gasteiger partial charge in [0.05, 0.1) is 0 Å². The molecule has 0 aromatic carbocycles. The zero-order valence-electron chi connectivity index (χ0n) is 7.47. The Morgan fingerprint density at radius 2 is 2.00 bits per heavy atom. The van der Waals surface area contributed by atoms with E-state index in [9.17, 15) is 0 Å². The minimum absolute atomic E-state index is 1.23. The number of hydrogen-bond donors (Lipinski definition) is 0. The third-order valence-corrected chi connectivity index (χ3v) is 1.21. The molecule has 0 saturated heterocycles. The van der Waals surface area contributed by atoms with Crippen LogP contribution in [0.25, 0.3) is 0 Å². The van der Waals surface area contributed by atoms with Crippen LogP contribution < -0.4 is 0 Å². The fourth-order valence-corrected chi connectivity index (χ4v) is 0.474. The van der Waals surface area contributed by atoms with Gasteiger partial charge < -0.3 is 4.90 Å². The van der Waals surface area contributed by atoms with Crippen LogP contribution >= 0.6 is 15.8 Å². The largest absolute Gasteiger partial charge is 0.342 e. The van der Waals surface area contributed by atoms with Gasteiger partial charge in [0.25, 0.3) is 0 Å². The number of halogens is 1. The molecule has 0 aliphatic heterocycles. The van der Waals surface area contributed by atoms with Crippen molar-refractivity contribution in [1.29, 1.82) is 5.26 Å². The number of nitriles is 1. The summed E-state index contributed by atoms with van der Waals surface area (Å²) < 4.78 is 0. The van der Waals surface area contributed by atoms with Crippen LogP contribution in [0.5, 0.6) is 0 Å². The number of hydrogen-bond acceptors (Lipinski definition) is 2. The van der Waals surface area contributed by atoms with Crippen LogP contribution in [0, 0.1) is 11.2 Å². The maximum atomic E-state index is 7.52. The standard InChI is InChI=1S/C6H15N.CBBrN/c1-4-5-6-7(2)3;3-2-1-4/h4-6H2,1-3H3;. The van der Waals surface area contributed by atoms with E-state index in [1.54, 1.807) is 5.97 Å². The summed E-state index contributed by atoms with van der Waals surface area (Å²) in [5, 5.41) is 7.52. The monoisotopic (exact) mass is 217 g/mol. The molecular weight excluding hydrogens is 203 g/mol. The van der Waals surface area contributed by atoms with Gasteiger partial charge in [-0.3, -0.25) is 0 Å². The van der Waals surface area contributed by atoms with E-state index in [1.807, 2.05) is 0 Å². The molecule has 0 aliphatic rings. The van der Waals surface area contributed by atoms with Crippen LogP contribution in [-0.4, -0.2) is 31.6 Å². The van der Waals surface area contributed by atoms with Crippen molar-refractivity contribution in [3.05, 3.63) is 0 Å². The first-order chi connectivity index (χ1) is 5.18. The fourth-order valence-electron chi connectivity index (χ4n) is 0.474. The van der Waals surface area contributed by atoms with Gasteiger partial charge in [-0.05, 0) is 27.1 Å². The third-order valence-electron chi connectivity index (χ3n) is 1.01. The zero-order chi connectivity index (χ0) is 9.11. The topological polar surface area (TPSA) is 27.0 Å². The van der Waals surface area contributed by atoms with E-state index in [0.29, 0.717) is 0 Å². The normalized spacial score (nSPS) is 8.00. The molecule has 0 N–H and O–H groups in total.